The van der Waals surface area contributed by atoms with E-state index in [-0.39, 0.29) is 23.0 Å². The largest absolute Gasteiger partial charge is 0.390 e. The second-order valence-electron chi connectivity index (χ2n) is 6.67. The number of aliphatic hydroxyl groups is 1. The SMILES string of the molecule is CC(C)n1cc(S(=O)(=O)NCC2(C(C)C)CC2)cc1CO. The average molecular weight is 314 g/mol. The van der Waals surface area contributed by atoms with Crippen LogP contribution in [0.15, 0.2) is 17.2 Å². The summed E-state index contributed by atoms with van der Waals surface area (Å²) in [5, 5.41) is 9.35. The summed E-state index contributed by atoms with van der Waals surface area (Å²) < 4.78 is 29.4. The second kappa shape index (κ2) is 5.74. The van der Waals surface area contributed by atoms with Crippen LogP contribution in [-0.4, -0.2) is 24.6 Å². The van der Waals surface area contributed by atoms with Gasteiger partial charge in [-0.3, -0.25) is 0 Å². The first-order chi connectivity index (χ1) is 9.72. The zero-order valence-electron chi connectivity index (χ0n) is 13.3. The van der Waals surface area contributed by atoms with Gasteiger partial charge in [-0.15, -0.1) is 0 Å². The third-order valence-corrected chi connectivity index (χ3v) is 6.03. The third-order valence-electron chi connectivity index (χ3n) is 4.67. The van der Waals surface area contributed by atoms with Crippen molar-refractivity contribution in [2.45, 2.75) is 58.1 Å². The minimum atomic E-state index is -3.51. The predicted molar refractivity (Wildman–Crippen MR) is 82.4 cm³/mol. The molecule has 0 aromatic carbocycles. The molecule has 0 atom stereocenters. The van der Waals surface area contributed by atoms with Gasteiger partial charge < -0.3 is 9.67 Å². The average Bonchev–Trinajstić information content (AvgIpc) is 3.07. The molecule has 5 nitrogen and oxygen atoms in total. The first kappa shape index (κ1) is 16.5. The number of hydrogen-bond donors (Lipinski definition) is 2. The lowest BCUT2D eigenvalue weighted by atomic mass is 9.93. The lowest BCUT2D eigenvalue weighted by Gasteiger charge is -2.19. The summed E-state index contributed by atoms with van der Waals surface area (Å²) in [6.45, 7) is 8.53. The van der Waals surface area contributed by atoms with Crippen LogP contribution < -0.4 is 4.72 Å². The zero-order chi connectivity index (χ0) is 15.8. The second-order valence-corrected chi connectivity index (χ2v) is 8.43. The van der Waals surface area contributed by atoms with Gasteiger partial charge in [0.25, 0.3) is 0 Å². The molecule has 2 rings (SSSR count). The molecule has 0 aliphatic heterocycles. The van der Waals surface area contributed by atoms with E-state index < -0.39 is 10.0 Å². The first-order valence-electron chi connectivity index (χ1n) is 7.53. The number of nitrogens with one attached hydrogen (secondary N) is 1. The van der Waals surface area contributed by atoms with Gasteiger partial charge in [0, 0.05) is 24.5 Å². The third kappa shape index (κ3) is 3.33. The molecule has 1 heterocycles. The van der Waals surface area contributed by atoms with E-state index in [1.807, 2.05) is 13.8 Å². The number of aliphatic hydroxyl groups excluding tert-OH is 1. The molecule has 1 aromatic heterocycles. The Balaban J connectivity index is 2.16. The maximum absolute atomic E-state index is 12.4. The summed E-state index contributed by atoms with van der Waals surface area (Å²) in [7, 11) is -3.51. The van der Waals surface area contributed by atoms with Gasteiger partial charge in [0.15, 0.2) is 0 Å². The molecule has 1 fully saturated rings. The summed E-state index contributed by atoms with van der Waals surface area (Å²) in [6.07, 6.45) is 3.78. The lowest BCUT2D eigenvalue weighted by Crippen LogP contribution is -2.32. The summed E-state index contributed by atoms with van der Waals surface area (Å²) >= 11 is 0. The highest BCUT2D eigenvalue weighted by Crippen LogP contribution is 2.51. The van der Waals surface area contributed by atoms with E-state index in [1.54, 1.807) is 16.8 Å². The van der Waals surface area contributed by atoms with Gasteiger partial charge in [-0.25, -0.2) is 13.1 Å². The number of nitrogens with zero attached hydrogens (tertiary/aromatic N) is 1. The summed E-state index contributed by atoms with van der Waals surface area (Å²) in [4.78, 5) is 0.236. The van der Waals surface area contributed by atoms with E-state index in [0.29, 0.717) is 18.2 Å². The molecular weight excluding hydrogens is 288 g/mol. The standard InChI is InChI=1S/C15H26N2O3S/c1-11(2)15(5-6-15)10-16-21(19,20)14-7-13(9-18)17(8-14)12(3)4/h7-8,11-12,16,18H,5-6,9-10H2,1-4H3. The molecule has 6 heteroatoms. The van der Waals surface area contributed by atoms with Crippen LogP contribution in [-0.2, 0) is 16.6 Å². The Morgan fingerprint density at radius 1 is 1.33 bits per heavy atom. The van der Waals surface area contributed by atoms with Crippen LogP contribution in [0, 0.1) is 11.3 Å². The van der Waals surface area contributed by atoms with E-state index in [2.05, 4.69) is 18.6 Å². The summed E-state index contributed by atoms with van der Waals surface area (Å²) in [6, 6.07) is 1.67. The van der Waals surface area contributed by atoms with E-state index in [1.165, 1.54) is 0 Å². The minimum absolute atomic E-state index is 0.113. The highest BCUT2D eigenvalue weighted by atomic mass is 32.2. The van der Waals surface area contributed by atoms with Crippen molar-refractivity contribution in [2.75, 3.05) is 6.54 Å². The summed E-state index contributed by atoms with van der Waals surface area (Å²) in [5.41, 5.74) is 0.753. The number of sulfonamides is 1. The quantitative estimate of drug-likeness (QED) is 0.811. The smallest absolute Gasteiger partial charge is 0.242 e. The van der Waals surface area contributed by atoms with Crippen LogP contribution >= 0.6 is 0 Å². The minimum Gasteiger partial charge on any atom is -0.390 e. The van der Waals surface area contributed by atoms with E-state index in [4.69, 9.17) is 0 Å². The molecular formula is C15H26N2O3S. The molecule has 21 heavy (non-hydrogen) atoms. The van der Waals surface area contributed by atoms with E-state index >= 15 is 0 Å². The fraction of sp³-hybridized carbons (Fsp3) is 0.733. The fourth-order valence-corrected chi connectivity index (χ4v) is 3.88. The molecule has 120 valence electrons. The van der Waals surface area contributed by atoms with Gasteiger partial charge in [-0.1, -0.05) is 13.8 Å². The number of rotatable bonds is 7. The first-order valence-corrected chi connectivity index (χ1v) is 9.01. The molecule has 1 aromatic rings. The Labute approximate surface area is 127 Å². The Morgan fingerprint density at radius 3 is 2.33 bits per heavy atom. The van der Waals surface area contributed by atoms with Gasteiger partial charge in [0.05, 0.1) is 11.5 Å². The topological polar surface area (TPSA) is 71.3 Å². The Kier molecular flexibility index (Phi) is 4.52. The molecule has 0 unspecified atom stereocenters. The zero-order valence-corrected chi connectivity index (χ0v) is 14.1. The molecule has 0 amide bonds. The molecule has 0 spiro atoms. The molecule has 0 saturated heterocycles. The van der Waals surface area contributed by atoms with Crippen LogP contribution in [0.1, 0.15) is 52.3 Å². The van der Waals surface area contributed by atoms with Gasteiger partial charge in [0.1, 0.15) is 0 Å². The molecule has 1 saturated carbocycles. The number of hydrogen-bond acceptors (Lipinski definition) is 3. The van der Waals surface area contributed by atoms with Crippen LogP contribution in [0.5, 0.6) is 0 Å². The van der Waals surface area contributed by atoms with Crippen molar-refractivity contribution in [2.24, 2.45) is 11.3 Å². The Hall–Kier alpha value is -0.850. The van der Waals surface area contributed by atoms with Crippen molar-refractivity contribution >= 4 is 10.0 Å². The van der Waals surface area contributed by atoms with Crippen LogP contribution in [0.25, 0.3) is 0 Å². The van der Waals surface area contributed by atoms with Gasteiger partial charge >= 0.3 is 0 Å². The highest BCUT2D eigenvalue weighted by Gasteiger charge is 2.45. The number of aromatic nitrogens is 1. The predicted octanol–water partition coefficient (Wildman–Crippen LogP) is 2.28. The van der Waals surface area contributed by atoms with Gasteiger partial charge in [-0.2, -0.15) is 0 Å². The van der Waals surface area contributed by atoms with Crippen molar-refractivity contribution in [3.05, 3.63) is 18.0 Å². The fourth-order valence-electron chi connectivity index (χ4n) is 2.69. The normalized spacial score (nSPS) is 17.7. The van der Waals surface area contributed by atoms with Crippen LogP contribution in [0.2, 0.25) is 0 Å². The monoisotopic (exact) mass is 314 g/mol. The van der Waals surface area contributed by atoms with Crippen molar-refractivity contribution in [1.82, 2.24) is 9.29 Å². The Morgan fingerprint density at radius 2 is 1.95 bits per heavy atom. The summed E-state index contributed by atoms with van der Waals surface area (Å²) in [5.74, 6) is 0.480. The maximum Gasteiger partial charge on any atom is 0.242 e. The van der Waals surface area contributed by atoms with Crippen molar-refractivity contribution in [1.29, 1.82) is 0 Å². The van der Waals surface area contributed by atoms with Crippen LogP contribution in [0.3, 0.4) is 0 Å². The molecule has 0 bridgehead atoms. The molecule has 1 aliphatic carbocycles. The van der Waals surface area contributed by atoms with Crippen molar-refractivity contribution < 1.29 is 13.5 Å². The maximum atomic E-state index is 12.4. The van der Waals surface area contributed by atoms with Gasteiger partial charge in [-0.05, 0) is 44.1 Å². The molecule has 0 radical (unpaired) electrons. The Bertz CT molecular complexity index is 598. The lowest BCUT2D eigenvalue weighted by molar-refractivity contribution is 0.268. The van der Waals surface area contributed by atoms with Crippen LogP contribution in [0.4, 0.5) is 0 Å². The highest BCUT2D eigenvalue weighted by molar-refractivity contribution is 7.89. The van der Waals surface area contributed by atoms with Crippen molar-refractivity contribution in [3.63, 3.8) is 0 Å². The molecule has 1 aliphatic rings. The van der Waals surface area contributed by atoms with E-state index in [9.17, 15) is 13.5 Å². The van der Waals surface area contributed by atoms with Gasteiger partial charge in [0.2, 0.25) is 10.0 Å². The molecule has 2 N–H and O–H groups in total. The van der Waals surface area contributed by atoms with Crippen molar-refractivity contribution in [3.8, 4) is 0 Å². The van der Waals surface area contributed by atoms with E-state index in [0.717, 1.165) is 12.8 Å².